The first kappa shape index (κ1) is 11.5. The highest BCUT2D eigenvalue weighted by atomic mass is 32.2. The summed E-state index contributed by atoms with van der Waals surface area (Å²) in [5.74, 6) is -0.119. The fourth-order valence-corrected chi connectivity index (χ4v) is 3.18. The Labute approximate surface area is 98.5 Å². The van der Waals surface area contributed by atoms with Gasteiger partial charge in [-0.3, -0.25) is 4.79 Å². The minimum atomic E-state index is -0.213. The van der Waals surface area contributed by atoms with E-state index in [9.17, 15) is 9.90 Å². The van der Waals surface area contributed by atoms with Gasteiger partial charge in [0.15, 0.2) is 5.16 Å². The molecule has 0 bridgehead atoms. The molecule has 1 aromatic rings. The van der Waals surface area contributed by atoms with Gasteiger partial charge in [0, 0.05) is 5.25 Å². The third-order valence-corrected chi connectivity index (χ3v) is 4.13. The van der Waals surface area contributed by atoms with Gasteiger partial charge in [-0.25, -0.2) is 0 Å². The first-order valence-electron chi connectivity index (χ1n) is 5.69. The van der Waals surface area contributed by atoms with Crippen molar-refractivity contribution in [1.82, 2.24) is 9.97 Å². The van der Waals surface area contributed by atoms with Gasteiger partial charge in [-0.15, -0.1) is 0 Å². The van der Waals surface area contributed by atoms with E-state index in [1.807, 2.05) is 6.92 Å². The standard InChI is InChI=1S/C11H16N2O2S/c1-2-8-9(14)12-11(13-10(8)15)16-7-5-3-4-6-7/h7H,2-6H2,1H3,(H2,12,13,14,15). The van der Waals surface area contributed by atoms with Crippen molar-refractivity contribution < 1.29 is 5.11 Å². The average Bonchev–Trinajstić information content (AvgIpc) is 2.70. The van der Waals surface area contributed by atoms with Gasteiger partial charge in [0.25, 0.3) is 5.56 Å². The van der Waals surface area contributed by atoms with E-state index in [0.29, 0.717) is 22.4 Å². The molecule has 1 saturated carbocycles. The van der Waals surface area contributed by atoms with Gasteiger partial charge in [-0.05, 0) is 19.3 Å². The van der Waals surface area contributed by atoms with E-state index in [4.69, 9.17) is 0 Å². The number of aromatic amines is 1. The van der Waals surface area contributed by atoms with Crippen molar-refractivity contribution >= 4 is 11.8 Å². The Hall–Kier alpha value is -0.970. The molecule has 2 rings (SSSR count). The third kappa shape index (κ3) is 2.40. The summed E-state index contributed by atoms with van der Waals surface area (Å²) in [6.07, 6.45) is 5.35. The lowest BCUT2D eigenvalue weighted by atomic mass is 10.2. The van der Waals surface area contributed by atoms with Crippen molar-refractivity contribution in [2.75, 3.05) is 0 Å². The van der Waals surface area contributed by atoms with Crippen molar-refractivity contribution in [1.29, 1.82) is 0 Å². The SMILES string of the molecule is CCc1c(O)nc(SC2CCCC2)[nH]c1=O. The van der Waals surface area contributed by atoms with Crippen molar-refractivity contribution in [2.24, 2.45) is 0 Å². The molecule has 1 heterocycles. The van der Waals surface area contributed by atoms with E-state index >= 15 is 0 Å². The summed E-state index contributed by atoms with van der Waals surface area (Å²) >= 11 is 1.57. The van der Waals surface area contributed by atoms with E-state index in [-0.39, 0.29) is 11.4 Å². The fourth-order valence-electron chi connectivity index (χ4n) is 2.00. The second-order valence-corrected chi connectivity index (χ2v) is 5.34. The fraction of sp³-hybridized carbons (Fsp3) is 0.636. The predicted molar refractivity (Wildman–Crippen MR) is 64.0 cm³/mol. The molecule has 88 valence electrons. The molecule has 0 atom stereocenters. The molecule has 5 heteroatoms. The zero-order chi connectivity index (χ0) is 11.5. The Morgan fingerprint density at radius 3 is 2.75 bits per heavy atom. The maximum atomic E-state index is 11.6. The van der Waals surface area contributed by atoms with Gasteiger partial charge in [-0.2, -0.15) is 4.98 Å². The van der Waals surface area contributed by atoms with Crippen molar-refractivity contribution in [3.05, 3.63) is 15.9 Å². The number of rotatable bonds is 3. The molecule has 0 saturated heterocycles. The molecule has 16 heavy (non-hydrogen) atoms. The Kier molecular flexibility index (Phi) is 3.53. The molecule has 2 N–H and O–H groups in total. The van der Waals surface area contributed by atoms with E-state index in [1.54, 1.807) is 11.8 Å². The first-order chi connectivity index (χ1) is 7.70. The molecular formula is C11H16N2O2S. The van der Waals surface area contributed by atoms with E-state index < -0.39 is 0 Å². The molecule has 1 aliphatic rings. The van der Waals surface area contributed by atoms with Gasteiger partial charge < -0.3 is 10.1 Å². The molecule has 0 aromatic carbocycles. The van der Waals surface area contributed by atoms with Crippen LogP contribution < -0.4 is 5.56 Å². The van der Waals surface area contributed by atoms with Gasteiger partial charge >= 0.3 is 0 Å². The number of nitrogens with one attached hydrogen (secondary N) is 1. The largest absolute Gasteiger partial charge is 0.493 e. The quantitative estimate of drug-likeness (QED) is 0.794. The highest BCUT2D eigenvalue weighted by molar-refractivity contribution is 7.99. The van der Waals surface area contributed by atoms with Crippen LogP contribution in [0.1, 0.15) is 38.2 Å². The minimum Gasteiger partial charge on any atom is -0.493 e. The molecular weight excluding hydrogens is 224 g/mol. The molecule has 1 fully saturated rings. The summed E-state index contributed by atoms with van der Waals surface area (Å²) in [6.45, 7) is 1.83. The minimum absolute atomic E-state index is 0.119. The number of hydrogen-bond acceptors (Lipinski definition) is 4. The summed E-state index contributed by atoms with van der Waals surface area (Å²) in [4.78, 5) is 18.4. The van der Waals surface area contributed by atoms with Crippen molar-refractivity contribution in [3.8, 4) is 5.88 Å². The normalized spacial score (nSPS) is 16.8. The lowest BCUT2D eigenvalue weighted by Crippen LogP contribution is -2.15. The topological polar surface area (TPSA) is 66.0 Å². The van der Waals surface area contributed by atoms with Crippen LogP contribution in [0.3, 0.4) is 0 Å². The molecule has 0 aliphatic heterocycles. The van der Waals surface area contributed by atoms with Crippen LogP contribution in [0.25, 0.3) is 0 Å². The Bertz CT molecular complexity index is 424. The van der Waals surface area contributed by atoms with Crippen LogP contribution in [0, 0.1) is 0 Å². The Morgan fingerprint density at radius 1 is 1.50 bits per heavy atom. The predicted octanol–water partition coefficient (Wildman–Crippen LogP) is 2.07. The van der Waals surface area contributed by atoms with Gasteiger partial charge in [0.1, 0.15) is 0 Å². The average molecular weight is 240 g/mol. The van der Waals surface area contributed by atoms with Crippen molar-refractivity contribution in [3.63, 3.8) is 0 Å². The molecule has 0 amide bonds. The Balaban J connectivity index is 2.19. The summed E-state index contributed by atoms with van der Waals surface area (Å²) in [5, 5.41) is 10.7. The number of H-pyrrole nitrogens is 1. The lowest BCUT2D eigenvalue weighted by molar-refractivity contribution is 0.436. The Morgan fingerprint density at radius 2 is 2.19 bits per heavy atom. The molecule has 0 radical (unpaired) electrons. The van der Waals surface area contributed by atoms with E-state index in [1.165, 1.54) is 25.7 Å². The summed E-state index contributed by atoms with van der Waals surface area (Å²) in [7, 11) is 0. The van der Waals surface area contributed by atoms with E-state index in [2.05, 4.69) is 9.97 Å². The maximum absolute atomic E-state index is 11.6. The van der Waals surface area contributed by atoms with Crippen LogP contribution in [-0.2, 0) is 6.42 Å². The number of aromatic hydroxyl groups is 1. The maximum Gasteiger partial charge on any atom is 0.258 e. The monoisotopic (exact) mass is 240 g/mol. The van der Waals surface area contributed by atoms with Gasteiger partial charge in [0.05, 0.1) is 5.56 Å². The third-order valence-electron chi connectivity index (χ3n) is 2.91. The van der Waals surface area contributed by atoms with Gasteiger partial charge in [0.2, 0.25) is 5.88 Å². The summed E-state index contributed by atoms with van der Waals surface area (Å²) < 4.78 is 0. The van der Waals surface area contributed by atoms with Crippen LogP contribution in [-0.4, -0.2) is 20.3 Å². The highest BCUT2D eigenvalue weighted by Crippen LogP contribution is 2.33. The highest BCUT2D eigenvalue weighted by Gasteiger charge is 2.18. The summed E-state index contributed by atoms with van der Waals surface area (Å²) in [5.41, 5.74) is 0.159. The second-order valence-electron chi connectivity index (χ2n) is 4.05. The molecule has 1 aliphatic carbocycles. The molecule has 0 spiro atoms. The molecule has 4 nitrogen and oxygen atoms in total. The lowest BCUT2D eigenvalue weighted by Gasteiger charge is -2.08. The second kappa shape index (κ2) is 4.91. The van der Waals surface area contributed by atoms with Crippen LogP contribution in [0.15, 0.2) is 9.95 Å². The van der Waals surface area contributed by atoms with Crippen LogP contribution in [0.4, 0.5) is 0 Å². The van der Waals surface area contributed by atoms with Crippen LogP contribution in [0.5, 0.6) is 5.88 Å². The number of aromatic nitrogens is 2. The number of hydrogen-bond donors (Lipinski definition) is 2. The van der Waals surface area contributed by atoms with Gasteiger partial charge in [-0.1, -0.05) is 31.5 Å². The van der Waals surface area contributed by atoms with Crippen LogP contribution >= 0.6 is 11.8 Å². The van der Waals surface area contributed by atoms with Crippen molar-refractivity contribution in [2.45, 2.75) is 49.4 Å². The zero-order valence-corrected chi connectivity index (χ0v) is 10.1. The summed E-state index contributed by atoms with van der Waals surface area (Å²) in [6, 6.07) is 0. The molecule has 0 unspecified atom stereocenters. The molecule has 1 aromatic heterocycles. The zero-order valence-electron chi connectivity index (χ0n) is 9.32. The number of thioether (sulfide) groups is 1. The van der Waals surface area contributed by atoms with E-state index in [0.717, 1.165) is 0 Å². The smallest absolute Gasteiger partial charge is 0.258 e. The van der Waals surface area contributed by atoms with Crippen LogP contribution in [0.2, 0.25) is 0 Å². The first-order valence-corrected chi connectivity index (χ1v) is 6.57. The number of nitrogens with zero attached hydrogens (tertiary/aromatic N) is 1.